The smallest absolute Gasteiger partial charge is 0.128 e. The van der Waals surface area contributed by atoms with E-state index in [0.717, 1.165) is 30.2 Å². The lowest BCUT2D eigenvalue weighted by atomic mass is 10.2. The molecule has 5 heteroatoms. The predicted octanol–water partition coefficient (Wildman–Crippen LogP) is 2.89. The Labute approximate surface area is 124 Å². The molecule has 0 unspecified atom stereocenters. The standard InChI is InChI=1S/C15H20ClN3O/c1-12-6-4-5-7-13(12)20-9-8-18(2)11-15-17-10-14(16)19(15)3/h4-7,10H,8-9,11H2,1-3H3. The molecule has 0 spiro atoms. The fourth-order valence-electron chi connectivity index (χ4n) is 1.92. The number of nitrogens with zero attached hydrogens (tertiary/aromatic N) is 3. The number of para-hydroxylation sites is 1. The predicted molar refractivity (Wildman–Crippen MR) is 81.2 cm³/mol. The van der Waals surface area contributed by atoms with Crippen LogP contribution in [-0.2, 0) is 13.6 Å². The Bertz CT molecular complexity index is 568. The van der Waals surface area contributed by atoms with Crippen LogP contribution in [0.15, 0.2) is 30.5 Å². The number of benzene rings is 1. The molecule has 0 fully saturated rings. The van der Waals surface area contributed by atoms with Crippen LogP contribution in [0.5, 0.6) is 5.75 Å². The fraction of sp³-hybridized carbons (Fsp3) is 0.400. The van der Waals surface area contributed by atoms with Gasteiger partial charge in [-0.2, -0.15) is 0 Å². The van der Waals surface area contributed by atoms with Crippen LogP contribution in [0.2, 0.25) is 5.15 Å². The van der Waals surface area contributed by atoms with Crippen molar-refractivity contribution in [3.05, 3.63) is 47.0 Å². The minimum absolute atomic E-state index is 0.652. The molecule has 0 aliphatic carbocycles. The molecule has 0 bridgehead atoms. The normalized spacial score (nSPS) is 11.1. The average molecular weight is 294 g/mol. The van der Waals surface area contributed by atoms with Gasteiger partial charge in [-0.25, -0.2) is 4.98 Å². The van der Waals surface area contributed by atoms with E-state index < -0.39 is 0 Å². The summed E-state index contributed by atoms with van der Waals surface area (Å²) in [5.74, 6) is 1.90. The molecule has 0 saturated heterocycles. The van der Waals surface area contributed by atoms with Crippen molar-refractivity contribution in [1.82, 2.24) is 14.5 Å². The molecule has 0 radical (unpaired) electrons. The Morgan fingerprint density at radius 3 is 2.75 bits per heavy atom. The van der Waals surface area contributed by atoms with Gasteiger partial charge in [-0.05, 0) is 25.6 Å². The van der Waals surface area contributed by atoms with Gasteiger partial charge < -0.3 is 9.30 Å². The van der Waals surface area contributed by atoms with E-state index in [2.05, 4.69) is 22.9 Å². The van der Waals surface area contributed by atoms with Gasteiger partial charge in [-0.1, -0.05) is 29.8 Å². The maximum atomic E-state index is 5.97. The molecule has 0 N–H and O–H groups in total. The molecule has 0 aliphatic heterocycles. The van der Waals surface area contributed by atoms with Gasteiger partial charge in [-0.15, -0.1) is 0 Å². The van der Waals surface area contributed by atoms with Crippen molar-refractivity contribution >= 4 is 11.6 Å². The molecule has 0 atom stereocenters. The van der Waals surface area contributed by atoms with Gasteiger partial charge in [0.05, 0.1) is 12.7 Å². The van der Waals surface area contributed by atoms with Crippen molar-refractivity contribution in [2.24, 2.45) is 7.05 Å². The van der Waals surface area contributed by atoms with E-state index in [1.54, 1.807) is 6.20 Å². The van der Waals surface area contributed by atoms with Crippen LogP contribution < -0.4 is 4.74 Å². The van der Waals surface area contributed by atoms with Gasteiger partial charge in [0.2, 0.25) is 0 Å². The van der Waals surface area contributed by atoms with Crippen molar-refractivity contribution in [1.29, 1.82) is 0 Å². The Hall–Kier alpha value is -1.52. The second-order valence-electron chi connectivity index (χ2n) is 4.91. The number of hydrogen-bond donors (Lipinski definition) is 0. The van der Waals surface area contributed by atoms with Crippen molar-refractivity contribution in [3.63, 3.8) is 0 Å². The Balaban J connectivity index is 1.80. The van der Waals surface area contributed by atoms with Crippen LogP contribution in [0.1, 0.15) is 11.4 Å². The summed E-state index contributed by atoms with van der Waals surface area (Å²) in [5.41, 5.74) is 1.16. The van der Waals surface area contributed by atoms with Crippen LogP contribution in [-0.4, -0.2) is 34.7 Å². The second-order valence-corrected chi connectivity index (χ2v) is 5.30. The third-order valence-electron chi connectivity index (χ3n) is 3.26. The largest absolute Gasteiger partial charge is 0.492 e. The minimum Gasteiger partial charge on any atom is -0.492 e. The van der Waals surface area contributed by atoms with Crippen molar-refractivity contribution in [2.75, 3.05) is 20.2 Å². The Morgan fingerprint density at radius 2 is 2.10 bits per heavy atom. The fourth-order valence-corrected chi connectivity index (χ4v) is 2.07. The average Bonchev–Trinajstić information content (AvgIpc) is 2.73. The van der Waals surface area contributed by atoms with Gasteiger partial charge in [0.25, 0.3) is 0 Å². The van der Waals surface area contributed by atoms with E-state index in [0.29, 0.717) is 11.8 Å². The van der Waals surface area contributed by atoms with Crippen LogP contribution in [0.3, 0.4) is 0 Å². The first-order chi connectivity index (χ1) is 9.58. The number of aromatic nitrogens is 2. The summed E-state index contributed by atoms with van der Waals surface area (Å²) in [6.07, 6.45) is 1.68. The van der Waals surface area contributed by atoms with E-state index >= 15 is 0 Å². The number of rotatable bonds is 6. The van der Waals surface area contributed by atoms with Crippen molar-refractivity contribution < 1.29 is 4.74 Å². The number of aryl methyl sites for hydroxylation is 1. The van der Waals surface area contributed by atoms with Gasteiger partial charge in [0, 0.05) is 13.6 Å². The number of hydrogen-bond acceptors (Lipinski definition) is 3. The lowest BCUT2D eigenvalue weighted by molar-refractivity contribution is 0.227. The highest BCUT2D eigenvalue weighted by atomic mass is 35.5. The van der Waals surface area contributed by atoms with Crippen LogP contribution in [0, 0.1) is 6.92 Å². The zero-order valence-corrected chi connectivity index (χ0v) is 12.9. The Kier molecular flexibility index (Phi) is 5.04. The summed E-state index contributed by atoms with van der Waals surface area (Å²) < 4.78 is 7.67. The third kappa shape index (κ3) is 3.74. The number of halogens is 1. The number of ether oxygens (including phenoxy) is 1. The van der Waals surface area contributed by atoms with Crippen LogP contribution >= 0.6 is 11.6 Å². The highest BCUT2D eigenvalue weighted by Crippen LogP contribution is 2.16. The molecule has 0 saturated carbocycles. The second kappa shape index (κ2) is 6.77. The quantitative estimate of drug-likeness (QED) is 0.820. The zero-order valence-electron chi connectivity index (χ0n) is 12.1. The van der Waals surface area contributed by atoms with Crippen LogP contribution in [0.25, 0.3) is 0 Å². The molecule has 20 heavy (non-hydrogen) atoms. The first kappa shape index (κ1) is 14.9. The SMILES string of the molecule is Cc1ccccc1OCCN(C)Cc1ncc(Cl)n1C. The summed E-state index contributed by atoms with van der Waals surface area (Å²) in [4.78, 5) is 6.45. The van der Waals surface area contributed by atoms with E-state index in [-0.39, 0.29) is 0 Å². The highest BCUT2D eigenvalue weighted by Gasteiger charge is 2.08. The molecule has 1 heterocycles. The molecule has 108 valence electrons. The lowest BCUT2D eigenvalue weighted by Gasteiger charge is -2.17. The lowest BCUT2D eigenvalue weighted by Crippen LogP contribution is -2.25. The van der Waals surface area contributed by atoms with Gasteiger partial charge in [-0.3, -0.25) is 4.90 Å². The first-order valence-electron chi connectivity index (χ1n) is 6.61. The van der Waals surface area contributed by atoms with E-state index in [1.807, 2.05) is 36.9 Å². The van der Waals surface area contributed by atoms with Crippen LogP contribution in [0.4, 0.5) is 0 Å². The third-order valence-corrected chi connectivity index (χ3v) is 3.61. The molecular weight excluding hydrogens is 274 g/mol. The summed E-state index contributed by atoms with van der Waals surface area (Å²) in [6.45, 7) is 4.29. The number of likely N-dealkylation sites (N-methyl/N-ethyl adjacent to an activating group) is 1. The molecular formula is C15H20ClN3O. The van der Waals surface area contributed by atoms with Gasteiger partial charge >= 0.3 is 0 Å². The summed E-state index contributed by atoms with van der Waals surface area (Å²) in [5, 5.41) is 0.657. The molecule has 4 nitrogen and oxygen atoms in total. The minimum atomic E-state index is 0.652. The summed E-state index contributed by atoms with van der Waals surface area (Å²) in [7, 11) is 3.96. The molecule has 0 amide bonds. The van der Waals surface area contributed by atoms with Gasteiger partial charge in [0.1, 0.15) is 23.3 Å². The zero-order chi connectivity index (χ0) is 14.5. The van der Waals surface area contributed by atoms with Gasteiger partial charge in [0.15, 0.2) is 0 Å². The summed E-state index contributed by atoms with van der Waals surface area (Å²) >= 11 is 5.97. The van der Waals surface area contributed by atoms with E-state index in [9.17, 15) is 0 Å². The molecule has 1 aromatic heterocycles. The number of imidazole rings is 1. The maximum absolute atomic E-state index is 5.97. The highest BCUT2D eigenvalue weighted by molar-refractivity contribution is 6.29. The van der Waals surface area contributed by atoms with Crippen molar-refractivity contribution in [3.8, 4) is 5.75 Å². The molecule has 2 aromatic rings. The maximum Gasteiger partial charge on any atom is 0.128 e. The van der Waals surface area contributed by atoms with E-state index in [4.69, 9.17) is 16.3 Å². The first-order valence-corrected chi connectivity index (χ1v) is 6.99. The van der Waals surface area contributed by atoms with Crippen molar-refractivity contribution in [2.45, 2.75) is 13.5 Å². The monoisotopic (exact) mass is 293 g/mol. The molecule has 2 rings (SSSR count). The van der Waals surface area contributed by atoms with E-state index in [1.165, 1.54) is 0 Å². The molecule has 0 aliphatic rings. The molecule has 1 aromatic carbocycles. The summed E-state index contributed by atoms with van der Waals surface area (Å²) in [6, 6.07) is 8.05. The topological polar surface area (TPSA) is 30.3 Å². The Morgan fingerprint density at radius 1 is 1.35 bits per heavy atom.